The van der Waals surface area contributed by atoms with Gasteiger partial charge in [0.25, 0.3) is 5.91 Å². The number of anilines is 2. The molecule has 0 bridgehead atoms. The Balaban J connectivity index is 2.23. The van der Waals surface area contributed by atoms with Crippen molar-refractivity contribution in [3.63, 3.8) is 0 Å². The highest BCUT2D eigenvalue weighted by atomic mass is 35.5. The van der Waals surface area contributed by atoms with E-state index in [2.05, 4.69) is 5.32 Å². The predicted molar refractivity (Wildman–Crippen MR) is 76.8 cm³/mol. The molecule has 0 saturated heterocycles. The van der Waals surface area contributed by atoms with E-state index in [4.69, 9.17) is 22.1 Å². The minimum atomic E-state index is -0.677. The Morgan fingerprint density at radius 3 is 2.70 bits per heavy atom. The van der Waals surface area contributed by atoms with Gasteiger partial charge >= 0.3 is 0 Å². The summed E-state index contributed by atoms with van der Waals surface area (Å²) in [5, 5.41) is 2.98. The van der Waals surface area contributed by atoms with E-state index in [1.165, 1.54) is 19.2 Å². The number of nitrogen functional groups attached to an aromatic ring is 1. The Labute approximate surface area is 120 Å². The number of amides is 1. The third-order valence-electron chi connectivity index (χ3n) is 2.65. The summed E-state index contributed by atoms with van der Waals surface area (Å²) >= 11 is 5.88. The van der Waals surface area contributed by atoms with Gasteiger partial charge in [-0.1, -0.05) is 11.6 Å². The van der Waals surface area contributed by atoms with Crippen LogP contribution >= 0.6 is 11.6 Å². The smallest absolute Gasteiger partial charge is 0.258 e. The van der Waals surface area contributed by atoms with Crippen LogP contribution in [-0.2, 0) is 0 Å². The van der Waals surface area contributed by atoms with Gasteiger partial charge in [0.1, 0.15) is 11.6 Å². The first-order chi connectivity index (χ1) is 9.51. The second-order valence-corrected chi connectivity index (χ2v) is 4.45. The molecule has 2 aromatic rings. The average molecular weight is 295 g/mol. The molecule has 0 unspecified atom stereocenters. The first-order valence-corrected chi connectivity index (χ1v) is 6.09. The van der Waals surface area contributed by atoms with E-state index >= 15 is 0 Å². The summed E-state index contributed by atoms with van der Waals surface area (Å²) in [7, 11) is 1.46. The fraction of sp³-hybridized carbons (Fsp3) is 0.0714. The quantitative estimate of drug-likeness (QED) is 0.854. The number of hydrogen-bond donors (Lipinski definition) is 2. The van der Waals surface area contributed by atoms with Crippen LogP contribution in [0.1, 0.15) is 10.4 Å². The SMILES string of the molecule is COc1cc(NC(=O)c2ccc(N)cc2F)ccc1Cl. The maximum Gasteiger partial charge on any atom is 0.258 e. The van der Waals surface area contributed by atoms with Crippen LogP contribution in [0.25, 0.3) is 0 Å². The number of nitrogens with two attached hydrogens (primary N) is 1. The molecule has 0 aromatic heterocycles. The van der Waals surface area contributed by atoms with Crippen LogP contribution in [-0.4, -0.2) is 13.0 Å². The number of ether oxygens (including phenoxy) is 1. The van der Waals surface area contributed by atoms with Crippen molar-refractivity contribution in [2.24, 2.45) is 0 Å². The molecule has 2 rings (SSSR count). The molecule has 6 heteroatoms. The number of methoxy groups -OCH3 is 1. The molecule has 0 aliphatic rings. The van der Waals surface area contributed by atoms with Crippen LogP contribution in [0.3, 0.4) is 0 Å². The number of rotatable bonds is 3. The maximum absolute atomic E-state index is 13.6. The predicted octanol–water partition coefficient (Wildman–Crippen LogP) is 3.32. The van der Waals surface area contributed by atoms with Crippen molar-refractivity contribution in [1.29, 1.82) is 0 Å². The van der Waals surface area contributed by atoms with Gasteiger partial charge in [-0.15, -0.1) is 0 Å². The van der Waals surface area contributed by atoms with E-state index in [0.717, 1.165) is 6.07 Å². The number of benzene rings is 2. The molecule has 2 aromatic carbocycles. The molecule has 0 atom stereocenters. The first-order valence-electron chi connectivity index (χ1n) is 5.71. The highest BCUT2D eigenvalue weighted by Gasteiger charge is 2.13. The number of nitrogens with one attached hydrogen (secondary N) is 1. The van der Waals surface area contributed by atoms with Gasteiger partial charge in [-0.3, -0.25) is 4.79 Å². The molecule has 4 nitrogen and oxygen atoms in total. The monoisotopic (exact) mass is 294 g/mol. The standard InChI is InChI=1S/C14H12ClFN2O2/c1-20-13-7-9(3-5-11(13)15)18-14(19)10-4-2-8(17)6-12(10)16/h2-7H,17H2,1H3,(H,18,19). The van der Waals surface area contributed by atoms with Crippen molar-refractivity contribution in [1.82, 2.24) is 0 Å². The second kappa shape index (κ2) is 5.79. The molecule has 0 saturated carbocycles. The Morgan fingerprint density at radius 1 is 1.30 bits per heavy atom. The van der Waals surface area contributed by atoms with Crippen molar-refractivity contribution >= 4 is 28.9 Å². The number of carbonyl (C=O) groups excluding carboxylic acids is 1. The third kappa shape index (κ3) is 3.00. The van der Waals surface area contributed by atoms with Crippen molar-refractivity contribution in [3.8, 4) is 5.75 Å². The van der Waals surface area contributed by atoms with Crippen LogP contribution in [0.2, 0.25) is 5.02 Å². The lowest BCUT2D eigenvalue weighted by molar-refractivity contribution is 0.102. The lowest BCUT2D eigenvalue weighted by atomic mass is 10.1. The molecular weight excluding hydrogens is 283 g/mol. The highest BCUT2D eigenvalue weighted by Crippen LogP contribution is 2.27. The van der Waals surface area contributed by atoms with Gasteiger partial charge in [0, 0.05) is 17.4 Å². The summed E-state index contributed by atoms with van der Waals surface area (Å²) in [5.41, 5.74) is 6.05. The van der Waals surface area contributed by atoms with Gasteiger partial charge in [-0.25, -0.2) is 4.39 Å². The fourth-order valence-corrected chi connectivity index (χ4v) is 1.85. The number of halogens is 2. The van der Waals surface area contributed by atoms with E-state index in [0.29, 0.717) is 16.5 Å². The van der Waals surface area contributed by atoms with Crippen molar-refractivity contribution in [3.05, 3.63) is 52.8 Å². The van der Waals surface area contributed by atoms with Crippen LogP contribution < -0.4 is 15.8 Å². The molecule has 0 radical (unpaired) electrons. The zero-order chi connectivity index (χ0) is 14.7. The Kier molecular flexibility index (Phi) is 4.10. The van der Waals surface area contributed by atoms with Crippen molar-refractivity contribution in [2.45, 2.75) is 0 Å². The highest BCUT2D eigenvalue weighted by molar-refractivity contribution is 6.32. The van der Waals surface area contributed by atoms with E-state index in [1.54, 1.807) is 18.2 Å². The van der Waals surface area contributed by atoms with E-state index in [1.807, 2.05) is 0 Å². The Hall–Kier alpha value is -2.27. The molecule has 1 amide bonds. The minimum Gasteiger partial charge on any atom is -0.495 e. The first kappa shape index (κ1) is 14.1. The fourth-order valence-electron chi connectivity index (χ4n) is 1.65. The van der Waals surface area contributed by atoms with E-state index < -0.39 is 11.7 Å². The molecule has 0 spiro atoms. The summed E-state index contributed by atoms with van der Waals surface area (Å²) < 4.78 is 18.7. The molecule has 0 fully saturated rings. The molecule has 0 aliphatic carbocycles. The molecule has 3 N–H and O–H groups in total. The van der Waals surface area contributed by atoms with Crippen LogP contribution in [0, 0.1) is 5.82 Å². The van der Waals surface area contributed by atoms with E-state index in [-0.39, 0.29) is 11.3 Å². The van der Waals surface area contributed by atoms with Crippen LogP contribution in [0.5, 0.6) is 5.75 Å². The molecular formula is C14H12ClFN2O2. The molecule has 104 valence electrons. The Bertz CT molecular complexity index is 662. The lowest BCUT2D eigenvalue weighted by Crippen LogP contribution is -2.14. The van der Waals surface area contributed by atoms with Crippen molar-refractivity contribution < 1.29 is 13.9 Å². The minimum absolute atomic E-state index is 0.0897. The lowest BCUT2D eigenvalue weighted by Gasteiger charge is -2.09. The normalized spacial score (nSPS) is 10.2. The summed E-state index contributed by atoms with van der Waals surface area (Å²) in [6, 6.07) is 8.60. The zero-order valence-electron chi connectivity index (χ0n) is 10.6. The zero-order valence-corrected chi connectivity index (χ0v) is 11.4. The van der Waals surface area contributed by atoms with Gasteiger partial charge in [0.2, 0.25) is 0 Å². The largest absolute Gasteiger partial charge is 0.495 e. The van der Waals surface area contributed by atoms with Crippen molar-refractivity contribution in [2.75, 3.05) is 18.2 Å². The maximum atomic E-state index is 13.6. The second-order valence-electron chi connectivity index (χ2n) is 4.04. The summed E-state index contributed by atoms with van der Waals surface area (Å²) in [4.78, 5) is 12.0. The van der Waals surface area contributed by atoms with Gasteiger partial charge in [-0.2, -0.15) is 0 Å². The topological polar surface area (TPSA) is 64.3 Å². The van der Waals surface area contributed by atoms with Gasteiger partial charge in [0.15, 0.2) is 0 Å². The van der Waals surface area contributed by atoms with Crippen LogP contribution in [0.15, 0.2) is 36.4 Å². The van der Waals surface area contributed by atoms with Gasteiger partial charge < -0.3 is 15.8 Å². The summed E-state index contributed by atoms with van der Waals surface area (Å²) in [5.74, 6) is -0.836. The van der Waals surface area contributed by atoms with Crippen LogP contribution in [0.4, 0.5) is 15.8 Å². The summed E-state index contributed by atoms with van der Waals surface area (Å²) in [6.45, 7) is 0. The number of hydrogen-bond acceptors (Lipinski definition) is 3. The molecule has 0 heterocycles. The van der Waals surface area contributed by atoms with Gasteiger partial charge in [0.05, 0.1) is 17.7 Å². The average Bonchev–Trinajstić information content (AvgIpc) is 2.40. The third-order valence-corrected chi connectivity index (χ3v) is 2.96. The van der Waals surface area contributed by atoms with Gasteiger partial charge in [-0.05, 0) is 30.3 Å². The Morgan fingerprint density at radius 2 is 2.05 bits per heavy atom. The molecule has 0 aliphatic heterocycles. The molecule has 20 heavy (non-hydrogen) atoms. The number of carbonyl (C=O) groups is 1. The van der Waals surface area contributed by atoms with E-state index in [9.17, 15) is 9.18 Å². The summed E-state index contributed by atoms with van der Waals surface area (Å²) in [6.07, 6.45) is 0.